The summed E-state index contributed by atoms with van der Waals surface area (Å²) in [6.45, 7) is 10.3. The van der Waals surface area contributed by atoms with Crippen molar-refractivity contribution in [3.63, 3.8) is 0 Å². The lowest BCUT2D eigenvalue weighted by Gasteiger charge is -2.38. The van der Waals surface area contributed by atoms with E-state index in [0.717, 1.165) is 31.9 Å². The van der Waals surface area contributed by atoms with Gasteiger partial charge in [0.1, 0.15) is 0 Å². The van der Waals surface area contributed by atoms with Crippen LogP contribution < -0.4 is 0 Å². The molecule has 2 heterocycles. The summed E-state index contributed by atoms with van der Waals surface area (Å²) in [6.07, 6.45) is 8.80. The molecule has 0 radical (unpaired) electrons. The van der Waals surface area contributed by atoms with Crippen LogP contribution in [0.1, 0.15) is 76.7 Å². The Kier molecular flexibility index (Phi) is 6.00. The minimum atomic E-state index is 0.385. The zero-order valence-corrected chi connectivity index (χ0v) is 14.8. The summed E-state index contributed by atoms with van der Waals surface area (Å²) in [7, 11) is 0. The molecule has 0 spiro atoms. The van der Waals surface area contributed by atoms with Crippen molar-refractivity contribution in [3.8, 4) is 0 Å². The van der Waals surface area contributed by atoms with Crippen molar-refractivity contribution in [1.29, 1.82) is 0 Å². The number of hydrogen-bond donors (Lipinski definition) is 0. The average Bonchev–Trinajstić information content (AvgIpc) is 3.10. The molecule has 2 fully saturated rings. The predicted molar refractivity (Wildman–Crippen MR) is 91.3 cm³/mol. The number of hydrogen-bond acceptors (Lipinski definition) is 5. The summed E-state index contributed by atoms with van der Waals surface area (Å²) in [5, 5.41) is 12.9. The molecule has 6 heteroatoms. The lowest BCUT2D eigenvalue weighted by atomic mass is 9.95. The van der Waals surface area contributed by atoms with Crippen molar-refractivity contribution in [3.05, 3.63) is 5.82 Å². The highest BCUT2D eigenvalue weighted by Gasteiger charge is 2.30. The van der Waals surface area contributed by atoms with Crippen LogP contribution in [0.5, 0.6) is 0 Å². The Balaban J connectivity index is 1.74. The smallest absolute Gasteiger partial charge is 0.168 e. The highest BCUT2D eigenvalue weighted by Crippen LogP contribution is 2.32. The van der Waals surface area contributed by atoms with Crippen LogP contribution in [0.15, 0.2) is 0 Å². The van der Waals surface area contributed by atoms with E-state index in [1.807, 2.05) is 0 Å². The highest BCUT2D eigenvalue weighted by molar-refractivity contribution is 4.97. The molecule has 0 unspecified atom stereocenters. The minimum Gasteiger partial charge on any atom is -0.301 e. The number of likely N-dealkylation sites (N-methyl/N-ethyl adjacent to an activating group) is 1. The van der Waals surface area contributed by atoms with E-state index < -0.39 is 0 Å². The van der Waals surface area contributed by atoms with Crippen LogP contribution in [0.2, 0.25) is 0 Å². The van der Waals surface area contributed by atoms with Gasteiger partial charge in [0, 0.05) is 26.2 Å². The zero-order valence-electron chi connectivity index (χ0n) is 14.8. The Bertz CT molecular complexity index is 459. The summed E-state index contributed by atoms with van der Waals surface area (Å²) < 4.78 is 2.17. The van der Waals surface area contributed by atoms with Crippen molar-refractivity contribution in [2.45, 2.75) is 70.9 Å². The molecule has 1 aromatic heterocycles. The lowest BCUT2D eigenvalue weighted by Crippen LogP contribution is -2.48. The van der Waals surface area contributed by atoms with Crippen molar-refractivity contribution in [2.75, 3.05) is 32.7 Å². The summed E-state index contributed by atoms with van der Waals surface area (Å²) in [4.78, 5) is 5.14. The van der Waals surface area contributed by atoms with E-state index in [2.05, 4.69) is 43.9 Å². The van der Waals surface area contributed by atoms with Gasteiger partial charge in [-0.3, -0.25) is 4.90 Å². The van der Waals surface area contributed by atoms with E-state index in [9.17, 15) is 0 Å². The van der Waals surface area contributed by atoms with E-state index in [-0.39, 0.29) is 0 Å². The quantitative estimate of drug-likeness (QED) is 0.806. The maximum absolute atomic E-state index is 4.47. The summed E-state index contributed by atoms with van der Waals surface area (Å²) in [5.41, 5.74) is 0. The van der Waals surface area contributed by atoms with Crippen molar-refractivity contribution in [1.82, 2.24) is 30.0 Å². The molecule has 1 saturated heterocycles. The number of tetrazole rings is 1. The van der Waals surface area contributed by atoms with E-state index in [0.29, 0.717) is 12.1 Å². The minimum absolute atomic E-state index is 0.385. The second kappa shape index (κ2) is 8.20. The van der Waals surface area contributed by atoms with Gasteiger partial charge in [0.2, 0.25) is 0 Å². The Labute approximate surface area is 140 Å². The number of aromatic nitrogens is 4. The van der Waals surface area contributed by atoms with E-state index in [4.69, 9.17) is 0 Å². The van der Waals surface area contributed by atoms with Gasteiger partial charge in [-0.25, -0.2) is 4.68 Å². The number of piperazine rings is 1. The van der Waals surface area contributed by atoms with Crippen LogP contribution in [-0.2, 0) is 0 Å². The maximum atomic E-state index is 4.47. The van der Waals surface area contributed by atoms with Gasteiger partial charge >= 0.3 is 0 Å². The Morgan fingerprint density at radius 1 is 1.04 bits per heavy atom. The third-order valence-electron chi connectivity index (χ3n) is 5.59. The second-order valence-electron chi connectivity index (χ2n) is 7.05. The molecular weight excluding hydrogens is 288 g/mol. The standard InChI is InChI=1S/C17H32N6/c1-3-8-16(22-13-11-21(4-2)12-14-22)17-18-19-20-23(17)15-9-6-5-7-10-15/h15-16H,3-14H2,1-2H3/t16-/m1/s1. The van der Waals surface area contributed by atoms with Gasteiger partial charge in [0.25, 0.3) is 0 Å². The van der Waals surface area contributed by atoms with Crippen LogP contribution in [0.4, 0.5) is 0 Å². The molecule has 23 heavy (non-hydrogen) atoms. The SMILES string of the molecule is CCC[C@H](c1nnnn1C1CCCCC1)N1CCN(CC)CC1. The Morgan fingerprint density at radius 2 is 1.78 bits per heavy atom. The first-order valence-electron chi connectivity index (χ1n) is 9.57. The third-order valence-corrected chi connectivity index (χ3v) is 5.59. The van der Waals surface area contributed by atoms with E-state index >= 15 is 0 Å². The molecule has 2 aliphatic rings. The van der Waals surface area contributed by atoms with E-state index in [1.54, 1.807) is 0 Å². The fourth-order valence-corrected chi connectivity index (χ4v) is 4.15. The van der Waals surface area contributed by atoms with Crippen molar-refractivity contribution in [2.24, 2.45) is 0 Å². The van der Waals surface area contributed by atoms with Gasteiger partial charge < -0.3 is 4.90 Å². The van der Waals surface area contributed by atoms with Crippen LogP contribution in [0.25, 0.3) is 0 Å². The number of nitrogens with zero attached hydrogens (tertiary/aromatic N) is 6. The van der Waals surface area contributed by atoms with Gasteiger partial charge in [-0.1, -0.05) is 39.5 Å². The molecule has 1 saturated carbocycles. The average molecular weight is 320 g/mol. The Hall–Kier alpha value is -1.01. The highest BCUT2D eigenvalue weighted by atomic mass is 15.6. The monoisotopic (exact) mass is 320 g/mol. The normalized spacial score (nSPS) is 23.2. The fourth-order valence-electron chi connectivity index (χ4n) is 4.15. The topological polar surface area (TPSA) is 50.1 Å². The van der Waals surface area contributed by atoms with Gasteiger partial charge in [0.15, 0.2) is 5.82 Å². The maximum Gasteiger partial charge on any atom is 0.168 e. The van der Waals surface area contributed by atoms with Gasteiger partial charge in [-0.2, -0.15) is 0 Å². The predicted octanol–water partition coefficient (Wildman–Crippen LogP) is 2.66. The molecule has 1 aliphatic carbocycles. The molecular formula is C17H32N6. The number of rotatable bonds is 6. The van der Waals surface area contributed by atoms with Crippen LogP contribution in [-0.4, -0.2) is 62.7 Å². The van der Waals surface area contributed by atoms with Crippen LogP contribution in [0.3, 0.4) is 0 Å². The second-order valence-corrected chi connectivity index (χ2v) is 7.05. The molecule has 1 aliphatic heterocycles. The first kappa shape index (κ1) is 16.8. The van der Waals surface area contributed by atoms with Crippen molar-refractivity contribution < 1.29 is 0 Å². The molecule has 1 atom stereocenters. The molecule has 6 nitrogen and oxygen atoms in total. The van der Waals surface area contributed by atoms with Gasteiger partial charge in [-0.05, 0) is 36.2 Å². The molecule has 0 amide bonds. The summed E-state index contributed by atoms with van der Waals surface area (Å²) in [6, 6.07) is 0.904. The molecule has 1 aromatic rings. The van der Waals surface area contributed by atoms with Crippen LogP contribution in [0, 0.1) is 0 Å². The molecule has 0 aromatic carbocycles. The fraction of sp³-hybridized carbons (Fsp3) is 0.941. The van der Waals surface area contributed by atoms with Gasteiger partial charge in [0.05, 0.1) is 12.1 Å². The van der Waals surface area contributed by atoms with Crippen LogP contribution >= 0.6 is 0 Å². The lowest BCUT2D eigenvalue weighted by molar-refractivity contribution is 0.0870. The zero-order chi connectivity index (χ0) is 16.1. The Morgan fingerprint density at radius 3 is 2.43 bits per heavy atom. The molecule has 3 rings (SSSR count). The third kappa shape index (κ3) is 3.91. The largest absolute Gasteiger partial charge is 0.301 e. The van der Waals surface area contributed by atoms with E-state index in [1.165, 1.54) is 51.6 Å². The van der Waals surface area contributed by atoms with Crippen molar-refractivity contribution >= 4 is 0 Å². The van der Waals surface area contributed by atoms with Gasteiger partial charge in [-0.15, -0.1) is 5.10 Å². The molecule has 0 N–H and O–H groups in total. The summed E-state index contributed by atoms with van der Waals surface area (Å²) in [5.74, 6) is 1.11. The molecule has 0 bridgehead atoms. The molecule has 130 valence electrons. The summed E-state index contributed by atoms with van der Waals surface area (Å²) >= 11 is 0. The first-order valence-corrected chi connectivity index (χ1v) is 9.57. The first-order chi connectivity index (χ1) is 11.3.